The fraction of sp³-hybridized carbons (Fsp3) is 0.417. The lowest BCUT2D eigenvalue weighted by molar-refractivity contribution is -0.119. The van der Waals surface area contributed by atoms with Crippen LogP contribution in [-0.4, -0.2) is 52.6 Å². The van der Waals surface area contributed by atoms with Gasteiger partial charge in [0.15, 0.2) is 20.6 Å². The SMILES string of the molecule is O=C(CSc1nc2ncc(Cl)cc2[nH]1)N[C@@H]1CCS(=O)(=O)C1. The van der Waals surface area contributed by atoms with Crippen LogP contribution in [-0.2, 0) is 14.6 Å². The summed E-state index contributed by atoms with van der Waals surface area (Å²) in [4.78, 5) is 23.2. The van der Waals surface area contributed by atoms with E-state index in [0.717, 1.165) is 0 Å². The van der Waals surface area contributed by atoms with E-state index in [0.29, 0.717) is 27.8 Å². The molecule has 0 spiro atoms. The lowest BCUT2D eigenvalue weighted by atomic mass is 10.3. The van der Waals surface area contributed by atoms with E-state index in [2.05, 4.69) is 20.3 Å². The monoisotopic (exact) mass is 360 g/mol. The van der Waals surface area contributed by atoms with Gasteiger partial charge in [0.05, 0.1) is 27.8 Å². The normalized spacial score (nSPS) is 20.3. The summed E-state index contributed by atoms with van der Waals surface area (Å²) >= 11 is 7.08. The second-order valence-electron chi connectivity index (χ2n) is 5.02. The van der Waals surface area contributed by atoms with Crippen molar-refractivity contribution in [3.63, 3.8) is 0 Å². The molecule has 118 valence electrons. The Morgan fingerprint density at radius 2 is 2.36 bits per heavy atom. The van der Waals surface area contributed by atoms with E-state index < -0.39 is 9.84 Å². The van der Waals surface area contributed by atoms with Gasteiger partial charge in [-0.3, -0.25) is 4.79 Å². The van der Waals surface area contributed by atoms with Crippen molar-refractivity contribution in [1.82, 2.24) is 20.3 Å². The molecule has 2 aromatic rings. The average Bonchev–Trinajstić information content (AvgIpc) is 2.98. The molecule has 1 aliphatic heterocycles. The van der Waals surface area contributed by atoms with Crippen LogP contribution in [0.4, 0.5) is 0 Å². The molecule has 2 aromatic heterocycles. The lowest BCUT2D eigenvalue weighted by Gasteiger charge is -2.09. The molecule has 1 saturated heterocycles. The summed E-state index contributed by atoms with van der Waals surface area (Å²) in [6, 6.07) is 1.43. The number of aromatic amines is 1. The molecule has 0 bridgehead atoms. The first-order chi connectivity index (χ1) is 10.4. The lowest BCUT2D eigenvalue weighted by Crippen LogP contribution is -2.36. The second kappa shape index (κ2) is 6.05. The zero-order valence-electron chi connectivity index (χ0n) is 11.4. The van der Waals surface area contributed by atoms with Gasteiger partial charge in [-0.25, -0.2) is 18.4 Å². The van der Waals surface area contributed by atoms with Crippen LogP contribution in [0.15, 0.2) is 17.4 Å². The third-order valence-corrected chi connectivity index (χ3v) is 6.07. The molecule has 1 fully saturated rings. The molecule has 3 rings (SSSR count). The van der Waals surface area contributed by atoms with E-state index in [1.54, 1.807) is 6.07 Å². The van der Waals surface area contributed by atoms with Crippen molar-refractivity contribution in [2.45, 2.75) is 17.6 Å². The number of fused-ring (bicyclic) bond motifs is 1. The summed E-state index contributed by atoms with van der Waals surface area (Å²) < 4.78 is 22.7. The van der Waals surface area contributed by atoms with Crippen LogP contribution < -0.4 is 5.32 Å². The van der Waals surface area contributed by atoms with E-state index in [-0.39, 0.29) is 29.2 Å². The summed E-state index contributed by atoms with van der Waals surface area (Å²) in [6.45, 7) is 0. The summed E-state index contributed by atoms with van der Waals surface area (Å²) in [6.07, 6.45) is 1.98. The highest BCUT2D eigenvalue weighted by molar-refractivity contribution is 7.99. The quantitative estimate of drug-likeness (QED) is 0.788. The van der Waals surface area contributed by atoms with Crippen LogP contribution in [0.5, 0.6) is 0 Å². The maximum absolute atomic E-state index is 11.8. The summed E-state index contributed by atoms with van der Waals surface area (Å²) in [7, 11) is -2.99. The molecular weight excluding hydrogens is 348 g/mol. The number of hydrogen-bond acceptors (Lipinski definition) is 6. The minimum absolute atomic E-state index is 0.0243. The number of nitrogens with zero attached hydrogens (tertiary/aromatic N) is 2. The second-order valence-corrected chi connectivity index (χ2v) is 8.65. The number of imidazole rings is 1. The van der Waals surface area contributed by atoms with E-state index >= 15 is 0 Å². The summed E-state index contributed by atoms with van der Waals surface area (Å²) in [5.41, 5.74) is 1.24. The van der Waals surface area contributed by atoms with Gasteiger partial charge in [-0.2, -0.15) is 0 Å². The Kier molecular flexibility index (Phi) is 4.28. The molecule has 0 aliphatic carbocycles. The Balaban J connectivity index is 1.56. The molecule has 3 heterocycles. The van der Waals surface area contributed by atoms with Gasteiger partial charge in [-0.1, -0.05) is 23.4 Å². The van der Waals surface area contributed by atoms with Crippen molar-refractivity contribution < 1.29 is 13.2 Å². The third-order valence-electron chi connectivity index (χ3n) is 3.22. The highest BCUT2D eigenvalue weighted by atomic mass is 35.5. The third kappa shape index (κ3) is 3.71. The number of H-pyrrole nitrogens is 1. The number of carbonyl (C=O) groups excluding carboxylic acids is 1. The fourth-order valence-electron chi connectivity index (χ4n) is 2.23. The first-order valence-corrected chi connectivity index (χ1v) is 9.74. The van der Waals surface area contributed by atoms with Crippen LogP contribution in [0.25, 0.3) is 11.2 Å². The van der Waals surface area contributed by atoms with Crippen LogP contribution in [0, 0.1) is 0 Å². The van der Waals surface area contributed by atoms with Gasteiger partial charge in [0.2, 0.25) is 5.91 Å². The van der Waals surface area contributed by atoms with Crippen molar-refractivity contribution in [1.29, 1.82) is 0 Å². The zero-order valence-corrected chi connectivity index (χ0v) is 13.8. The molecule has 0 unspecified atom stereocenters. The number of carbonyl (C=O) groups is 1. The molecule has 0 aromatic carbocycles. The molecule has 0 radical (unpaired) electrons. The number of halogens is 1. The van der Waals surface area contributed by atoms with Crippen LogP contribution >= 0.6 is 23.4 Å². The standard InChI is InChI=1S/C12H13ClN4O3S2/c13-7-3-9-11(14-4-7)17-12(16-9)21-5-10(18)15-8-1-2-22(19,20)6-8/h3-4,8H,1-2,5-6H2,(H,15,18)(H,14,16,17)/t8-/m1/s1. The van der Waals surface area contributed by atoms with Gasteiger partial charge >= 0.3 is 0 Å². The van der Waals surface area contributed by atoms with Crippen LogP contribution in [0.3, 0.4) is 0 Å². The summed E-state index contributed by atoms with van der Waals surface area (Å²) in [5, 5.41) is 3.81. The fourth-order valence-corrected chi connectivity index (χ4v) is 4.75. The van der Waals surface area contributed by atoms with Crippen LogP contribution in [0.1, 0.15) is 6.42 Å². The highest BCUT2D eigenvalue weighted by Gasteiger charge is 2.28. The molecule has 0 saturated carbocycles. The van der Waals surface area contributed by atoms with Crippen molar-refractivity contribution >= 4 is 50.3 Å². The van der Waals surface area contributed by atoms with Gasteiger partial charge in [-0.05, 0) is 12.5 Å². The van der Waals surface area contributed by atoms with E-state index in [1.807, 2.05) is 0 Å². The first-order valence-electron chi connectivity index (χ1n) is 6.55. The Labute approximate surface area is 136 Å². The van der Waals surface area contributed by atoms with Gasteiger partial charge in [0.1, 0.15) is 0 Å². The first kappa shape index (κ1) is 15.6. The van der Waals surface area contributed by atoms with E-state index in [9.17, 15) is 13.2 Å². The molecule has 2 N–H and O–H groups in total. The number of nitrogens with one attached hydrogen (secondary N) is 2. The van der Waals surface area contributed by atoms with Gasteiger partial charge in [0.25, 0.3) is 0 Å². The zero-order chi connectivity index (χ0) is 15.7. The Hall–Kier alpha value is -1.32. The van der Waals surface area contributed by atoms with Crippen molar-refractivity contribution in [3.05, 3.63) is 17.3 Å². The van der Waals surface area contributed by atoms with Gasteiger partial charge in [-0.15, -0.1) is 0 Å². The van der Waals surface area contributed by atoms with E-state index in [1.165, 1.54) is 18.0 Å². The van der Waals surface area contributed by atoms with Gasteiger partial charge in [0, 0.05) is 12.2 Å². The Bertz CT molecular complexity index is 821. The number of sulfone groups is 1. The minimum Gasteiger partial charge on any atom is -0.352 e. The maximum Gasteiger partial charge on any atom is 0.230 e. The predicted octanol–water partition coefficient (Wildman–Crippen LogP) is 1.01. The molecule has 1 amide bonds. The number of rotatable bonds is 4. The predicted molar refractivity (Wildman–Crippen MR) is 84.8 cm³/mol. The highest BCUT2D eigenvalue weighted by Crippen LogP contribution is 2.20. The molecule has 1 atom stereocenters. The number of aromatic nitrogens is 3. The van der Waals surface area contributed by atoms with Crippen molar-refractivity contribution in [3.8, 4) is 0 Å². The topological polar surface area (TPSA) is 105 Å². The largest absolute Gasteiger partial charge is 0.352 e. The number of thioether (sulfide) groups is 1. The number of amides is 1. The Morgan fingerprint density at radius 3 is 3.09 bits per heavy atom. The minimum atomic E-state index is -2.99. The molecule has 7 nitrogen and oxygen atoms in total. The van der Waals surface area contributed by atoms with Crippen molar-refractivity contribution in [2.75, 3.05) is 17.3 Å². The van der Waals surface area contributed by atoms with Crippen LogP contribution in [0.2, 0.25) is 5.02 Å². The molecule has 1 aliphatic rings. The summed E-state index contributed by atoms with van der Waals surface area (Å²) in [5.74, 6) is 0.111. The Morgan fingerprint density at radius 1 is 1.55 bits per heavy atom. The smallest absolute Gasteiger partial charge is 0.230 e. The number of pyridine rings is 1. The van der Waals surface area contributed by atoms with Crippen molar-refractivity contribution in [2.24, 2.45) is 0 Å². The van der Waals surface area contributed by atoms with E-state index in [4.69, 9.17) is 11.6 Å². The number of hydrogen-bond donors (Lipinski definition) is 2. The van der Waals surface area contributed by atoms with Gasteiger partial charge < -0.3 is 10.3 Å². The molecule has 10 heteroatoms. The average molecular weight is 361 g/mol. The molecule has 22 heavy (non-hydrogen) atoms. The molecular formula is C12H13ClN4O3S2. The maximum atomic E-state index is 11.8.